The fraction of sp³-hybridized carbons (Fsp3) is 0.500. The van der Waals surface area contributed by atoms with E-state index in [9.17, 15) is 13.2 Å². The van der Waals surface area contributed by atoms with Crippen molar-refractivity contribution in [3.63, 3.8) is 0 Å². The summed E-state index contributed by atoms with van der Waals surface area (Å²) >= 11 is 0. The number of carbonyl (C=O) groups excluding carboxylic acids is 1. The molecule has 0 aliphatic carbocycles. The number of ketones is 1. The average molecular weight is 296 g/mol. The van der Waals surface area contributed by atoms with E-state index in [1.165, 1.54) is 26.2 Å². The van der Waals surface area contributed by atoms with Gasteiger partial charge in [0.25, 0.3) is 0 Å². The molecule has 20 heavy (non-hydrogen) atoms. The normalized spacial score (nSPS) is 19.4. The van der Waals surface area contributed by atoms with E-state index in [2.05, 4.69) is 5.32 Å². The summed E-state index contributed by atoms with van der Waals surface area (Å²) in [6, 6.07) is 6.42. The van der Waals surface area contributed by atoms with Crippen LogP contribution < -0.4 is 5.32 Å². The lowest BCUT2D eigenvalue weighted by Crippen LogP contribution is -2.24. The largest absolute Gasteiger partial charge is 0.314 e. The lowest BCUT2D eigenvalue weighted by molar-refractivity contribution is 0.0971. The molecule has 1 atom stereocenters. The molecule has 1 heterocycles. The quantitative estimate of drug-likeness (QED) is 0.831. The van der Waals surface area contributed by atoms with Crippen molar-refractivity contribution in [2.45, 2.75) is 30.2 Å². The van der Waals surface area contributed by atoms with Gasteiger partial charge in [0.05, 0.1) is 4.90 Å². The maximum Gasteiger partial charge on any atom is 0.242 e. The van der Waals surface area contributed by atoms with E-state index in [0.717, 1.165) is 23.7 Å². The molecule has 0 amide bonds. The zero-order valence-electron chi connectivity index (χ0n) is 11.8. The lowest BCUT2D eigenvalue weighted by Gasteiger charge is -2.12. The minimum atomic E-state index is -3.43. The molecule has 1 N–H and O–H groups in total. The van der Waals surface area contributed by atoms with Gasteiger partial charge in [-0.2, -0.15) is 0 Å². The summed E-state index contributed by atoms with van der Waals surface area (Å²) < 4.78 is 25.0. The second-order valence-corrected chi connectivity index (χ2v) is 7.38. The first-order chi connectivity index (χ1) is 9.41. The Morgan fingerprint density at radius 1 is 1.30 bits per heavy atom. The van der Waals surface area contributed by atoms with Gasteiger partial charge in [0.1, 0.15) is 0 Å². The second-order valence-electron chi connectivity index (χ2n) is 5.23. The second kappa shape index (κ2) is 6.03. The monoisotopic (exact) mass is 296 g/mol. The van der Waals surface area contributed by atoms with Crippen LogP contribution in [0.5, 0.6) is 0 Å². The fourth-order valence-electron chi connectivity index (χ4n) is 2.30. The predicted octanol–water partition coefficient (Wildman–Crippen LogP) is 1.26. The zero-order valence-corrected chi connectivity index (χ0v) is 12.6. The molecule has 1 unspecified atom stereocenters. The summed E-state index contributed by atoms with van der Waals surface area (Å²) in [7, 11) is -0.460. The Morgan fingerprint density at radius 3 is 2.45 bits per heavy atom. The number of hydrogen-bond donors (Lipinski definition) is 1. The van der Waals surface area contributed by atoms with Crippen molar-refractivity contribution in [1.82, 2.24) is 9.62 Å². The first-order valence-corrected chi connectivity index (χ1v) is 8.14. The zero-order chi connectivity index (χ0) is 14.8. The van der Waals surface area contributed by atoms with Crippen LogP contribution in [0.15, 0.2) is 29.2 Å². The Morgan fingerprint density at radius 2 is 1.95 bits per heavy atom. The van der Waals surface area contributed by atoms with Gasteiger partial charge < -0.3 is 5.32 Å². The molecule has 1 fully saturated rings. The molecule has 0 radical (unpaired) electrons. The van der Waals surface area contributed by atoms with Gasteiger partial charge in [-0.25, -0.2) is 12.7 Å². The van der Waals surface area contributed by atoms with Crippen LogP contribution in [0.2, 0.25) is 0 Å². The summed E-state index contributed by atoms with van der Waals surface area (Å²) in [5, 5.41) is 3.28. The molecule has 1 aliphatic rings. The van der Waals surface area contributed by atoms with Crippen molar-refractivity contribution in [2.24, 2.45) is 0 Å². The smallest absolute Gasteiger partial charge is 0.242 e. The SMILES string of the molecule is CN(C)S(=O)(=O)c1ccc(C(=O)CC2CCCN2)cc1. The van der Waals surface area contributed by atoms with Crippen LogP contribution in [0, 0.1) is 0 Å². The van der Waals surface area contributed by atoms with E-state index >= 15 is 0 Å². The summed E-state index contributed by atoms with van der Waals surface area (Å²) in [5.41, 5.74) is 0.566. The number of Topliss-reactive ketones (excluding diaryl/α,β-unsaturated/α-hetero) is 1. The third-order valence-electron chi connectivity index (χ3n) is 3.55. The summed E-state index contributed by atoms with van der Waals surface area (Å²) in [6.45, 7) is 0.970. The van der Waals surface area contributed by atoms with Crippen molar-refractivity contribution in [3.8, 4) is 0 Å². The highest BCUT2D eigenvalue weighted by Gasteiger charge is 2.20. The van der Waals surface area contributed by atoms with E-state index in [-0.39, 0.29) is 16.7 Å². The molecular weight excluding hydrogens is 276 g/mol. The average Bonchev–Trinajstić information content (AvgIpc) is 2.91. The Balaban J connectivity index is 2.10. The molecule has 110 valence electrons. The molecule has 1 aliphatic heterocycles. The van der Waals surface area contributed by atoms with Crippen LogP contribution in [0.1, 0.15) is 29.6 Å². The number of sulfonamides is 1. The molecule has 1 saturated heterocycles. The van der Waals surface area contributed by atoms with Crippen LogP contribution in [-0.4, -0.2) is 45.2 Å². The minimum Gasteiger partial charge on any atom is -0.314 e. The summed E-state index contributed by atoms with van der Waals surface area (Å²) in [6.07, 6.45) is 2.61. The van der Waals surface area contributed by atoms with Gasteiger partial charge in [-0.15, -0.1) is 0 Å². The molecule has 5 nitrogen and oxygen atoms in total. The van der Waals surface area contributed by atoms with Gasteiger partial charge in [-0.3, -0.25) is 4.79 Å². The van der Waals surface area contributed by atoms with E-state index < -0.39 is 10.0 Å². The highest BCUT2D eigenvalue weighted by molar-refractivity contribution is 7.89. The first kappa shape index (κ1) is 15.2. The summed E-state index contributed by atoms with van der Waals surface area (Å²) in [4.78, 5) is 12.3. The lowest BCUT2D eigenvalue weighted by atomic mass is 10.0. The van der Waals surface area contributed by atoms with E-state index in [0.29, 0.717) is 12.0 Å². The van der Waals surface area contributed by atoms with Gasteiger partial charge in [0.15, 0.2) is 5.78 Å². The van der Waals surface area contributed by atoms with Crippen LogP contribution in [0.3, 0.4) is 0 Å². The van der Waals surface area contributed by atoms with Gasteiger partial charge in [0.2, 0.25) is 10.0 Å². The minimum absolute atomic E-state index is 0.0539. The Labute approximate surface area is 120 Å². The van der Waals surface area contributed by atoms with E-state index in [4.69, 9.17) is 0 Å². The molecule has 2 rings (SSSR count). The van der Waals surface area contributed by atoms with Crippen molar-refractivity contribution < 1.29 is 13.2 Å². The standard InChI is InChI=1S/C14H20N2O3S/c1-16(2)20(18,19)13-7-5-11(6-8-13)14(17)10-12-4-3-9-15-12/h5-8,12,15H,3-4,9-10H2,1-2H3. The van der Waals surface area contributed by atoms with Crippen LogP contribution in [0.25, 0.3) is 0 Å². The molecule has 1 aromatic rings. The molecule has 6 heteroatoms. The number of carbonyl (C=O) groups is 1. The molecule has 0 saturated carbocycles. The van der Waals surface area contributed by atoms with Crippen molar-refractivity contribution in [1.29, 1.82) is 0 Å². The third-order valence-corrected chi connectivity index (χ3v) is 5.38. The highest BCUT2D eigenvalue weighted by Crippen LogP contribution is 2.17. The van der Waals surface area contributed by atoms with Gasteiger partial charge in [-0.05, 0) is 31.5 Å². The number of nitrogens with zero attached hydrogens (tertiary/aromatic N) is 1. The predicted molar refractivity (Wildman–Crippen MR) is 77.3 cm³/mol. The van der Waals surface area contributed by atoms with Gasteiger partial charge in [0, 0.05) is 32.1 Å². The van der Waals surface area contributed by atoms with Gasteiger partial charge in [-0.1, -0.05) is 12.1 Å². The molecule has 0 bridgehead atoms. The molecule has 0 aromatic heterocycles. The number of benzene rings is 1. The Bertz CT molecular complexity index is 573. The van der Waals surface area contributed by atoms with Crippen LogP contribution in [0.4, 0.5) is 0 Å². The molecular formula is C14H20N2O3S. The summed E-state index contributed by atoms with van der Waals surface area (Å²) in [5.74, 6) is 0.0539. The highest BCUT2D eigenvalue weighted by atomic mass is 32.2. The number of rotatable bonds is 5. The maximum absolute atomic E-state index is 12.1. The van der Waals surface area contributed by atoms with E-state index in [1.54, 1.807) is 12.1 Å². The first-order valence-electron chi connectivity index (χ1n) is 6.70. The molecule has 0 spiro atoms. The molecule has 1 aromatic carbocycles. The Hall–Kier alpha value is -1.24. The van der Waals surface area contributed by atoms with Gasteiger partial charge >= 0.3 is 0 Å². The number of nitrogens with one attached hydrogen (secondary N) is 1. The van der Waals surface area contributed by atoms with Crippen LogP contribution in [-0.2, 0) is 10.0 Å². The van der Waals surface area contributed by atoms with Crippen molar-refractivity contribution in [3.05, 3.63) is 29.8 Å². The Kier molecular flexibility index (Phi) is 4.57. The topological polar surface area (TPSA) is 66.5 Å². The number of hydrogen-bond acceptors (Lipinski definition) is 4. The maximum atomic E-state index is 12.1. The van der Waals surface area contributed by atoms with Crippen molar-refractivity contribution >= 4 is 15.8 Å². The van der Waals surface area contributed by atoms with Crippen LogP contribution >= 0.6 is 0 Å². The van der Waals surface area contributed by atoms with E-state index in [1.807, 2.05) is 0 Å². The fourth-order valence-corrected chi connectivity index (χ4v) is 3.20. The van der Waals surface area contributed by atoms with Crippen molar-refractivity contribution in [2.75, 3.05) is 20.6 Å². The third kappa shape index (κ3) is 3.26.